The molecule has 146 valence electrons. The SMILES string of the molecule is COc1ccc([C@H]2[C@H](C(=O)NCc3ccc(C(=O)O)cc3)CC(=O)N2C)cc1. The Morgan fingerprint density at radius 2 is 1.79 bits per heavy atom. The van der Waals surface area contributed by atoms with E-state index in [9.17, 15) is 14.4 Å². The van der Waals surface area contributed by atoms with Crippen molar-refractivity contribution in [3.05, 3.63) is 65.2 Å². The number of hydrogen-bond donors (Lipinski definition) is 2. The van der Waals surface area contributed by atoms with Gasteiger partial charge in [0.05, 0.1) is 24.6 Å². The van der Waals surface area contributed by atoms with Crippen LogP contribution in [0.25, 0.3) is 0 Å². The standard InChI is InChI=1S/C21H22N2O5/c1-23-18(24)11-17(19(23)14-7-9-16(28-2)10-8-14)20(25)22-12-13-3-5-15(6-4-13)21(26)27/h3-10,17,19H,11-12H2,1-2H3,(H,22,25)(H,26,27)/t17-,19+/m1/s1. The van der Waals surface area contributed by atoms with Crippen molar-refractivity contribution in [1.82, 2.24) is 10.2 Å². The van der Waals surface area contributed by atoms with E-state index in [0.29, 0.717) is 5.75 Å². The minimum Gasteiger partial charge on any atom is -0.497 e. The zero-order valence-electron chi connectivity index (χ0n) is 15.7. The molecule has 0 unspecified atom stereocenters. The molecule has 0 aromatic heterocycles. The summed E-state index contributed by atoms with van der Waals surface area (Å²) < 4.78 is 5.17. The van der Waals surface area contributed by atoms with E-state index < -0.39 is 11.9 Å². The summed E-state index contributed by atoms with van der Waals surface area (Å²) in [5.41, 5.74) is 1.86. The van der Waals surface area contributed by atoms with Gasteiger partial charge in [0.1, 0.15) is 5.75 Å². The molecule has 1 saturated heterocycles. The highest BCUT2D eigenvalue weighted by molar-refractivity contribution is 5.90. The van der Waals surface area contributed by atoms with E-state index in [1.54, 1.807) is 31.2 Å². The van der Waals surface area contributed by atoms with E-state index in [0.717, 1.165) is 11.1 Å². The summed E-state index contributed by atoms with van der Waals surface area (Å²) in [6, 6.07) is 13.3. The van der Waals surface area contributed by atoms with Gasteiger partial charge in [-0.25, -0.2) is 4.79 Å². The first-order valence-corrected chi connectivity index (χ1v) is 8.90. The van der Waals surface area contributed by atoms with Crippen molar-refractivity contribution in [2.45, 2.75) is 19.0 Å². The van der Waals surface area contributed by atoms with Gasteiger partial charge in [-0.2, -0.15) is 0 Å². The predicted molar refractivity (Wildman–Crippen MR) is 102 cm³/mol. The highest BCUT2D eigenvalue weighted by Crippen LogP contribution is 2.37. The van der Waals surface area contributed by atoms with Gasteiger partial charge in [-0.1, -0.05) is 24.3 Å². The van der Waals surface area contributed by atoms with Crippen LogP contribution in [0.3, 0.4) is 0 Å². The van der Waals surface area contributed by atoms with Crippen LogP contribution < -0.4 is 10.1 Å². The Balaban J connectivity index is 1.71. The second-order valence-electron chi connectivity index (χ2n) is 6.75. The molecule has 1 aliphatic rings. The van der Waals surface area contributed by atoms with E-state index in [4.69, 9.17) is 9.84 Å². The molecule has 0 aliphatic carbocycles. The number of benzene rings is 2. The number of hydrogen-bond acceptors (Lipinski definition) is 4. The molecule has 0 spiro atoms. The fourth-order valence-corrected chi connectivity index (χ4v) is 3.45. The van der Waals surface area contributed by atoms with E-state index in [1.165, 1.54) is 12.1 Å². The Morgan fingerprint density at radius 3 is 2.36 bits per heavy atom. The summed E-state index contributed by atoms with van der Waals surface area (Å²) in [5, 5.41) is 11.8. The van der Waals surface area contributed by atoms with Crippen LogP contribution in [0.4, 0.5) is 0 Å². The average molecular weight is 382 g/mol. The zero-order valence-corrected chi connectivity index (χ0v) is 15.7. The number of nitrogens with one attached hydrogen (secondary N) is 1. The maximum atomic E-state index is 12.8. The molecule has 7 heteroatoms. The first-order chi connectivity index (χ1) is 13.4. The highest BCUT2D eigenvalue weighted by Gasteiger charge is 2.42. The minimum absolute atomic E-state index is 0.0771. The molecule has 28 heavy (non-hydrogen) atoms. The highest BCUT2D eigenvalue weighted by atomic mass is 16.5. The van der Waals surface area contributed by atoms with Crippen molar-refractivity contribution < 1.29 is 24.2 Å². The lowest BCUT2D eigenvalue weighted by Gasteiger charge is -2.25. The van der Waals surface area contributed by atoms with Gasteiger partial charge in [-0.05, 0) is 35.4 Å². The van der Waals surface area contributed by atoms with Crippen molar-refractivity contribution in [2.24, 2.45) is 5.92 Å². The van der Waals surface area contributed by atoms with E-state index in [-0.39, 0.29) is 36.4 Å². The van der Waals surface area contributed by atoms with Crippen LogP contribution in [-0.2, 0) is 16.1 Å². The average Bonchev–Trinajstić information content (AvgIpc) is 3.01. The van der Waals surface area contributed by atoms with Crippen molar-refractivity contribution in [3.63, 3.8) is 0 Å². The largest absolute Gasteiger partial charge is 0.497 e. The molecule has 7 nitrogen and oxygen atoms in total. The molecular formula is C21H22N2O5. The number of aromatic carboxylic acids is 1. The summed E-state index contributed by atoms with van der Waals surface area (Å²) in [7, 11) is 3.29. The molecule has 2 aromatic rings. The smallest absolute Gasteiger partial charge is 0.335 e. The number of nitrogens with zero attached hydrogens (tertiary/aromatic N) is 1. The van der Waals surface area contributed by atoms with E-state index in [2.05, 4.69) is 5.32 Å². The molecule has 2 N–H and O–H groups in total. The molecule has 1 aliphatic heterocycles. The Labute approximate surface area is 162 Å². The lowest BCUT2D eigenvalue weighted by atomic mass is 9.92. The van der Waals surface area contributed by atoms with Gasteiger partial charge in [-0.3, -0.25) is 9.59 Å². The van der Waals surface area contributed by atoms with Crippen molar-refractivity contribution in [2.75, 3.05) is 14.2 Å². The Hall–Kier alpha value is -3.35. The molecule has 3 rings (SSSR count). The van der Waals surface area contributed by atoms with Crippen molar-refractivity contribution in [3.8, 4) is 5.75 Å². The summed E-state index contributed by atoms with van der Waals surface area (Å²) in [6.07, 6.45) is 0.150. The molecule has 0 bridgehead atoms. The maximum Gasteiger partial charge on any atom is 0.335 e. The number of carbonyl (C=O) groups excluding carboxylic acids is 2. The lowest BCUT2D eigenvalue weighted by Crippen LogP contribution is -2.34. The minimum atomic E-state index is -0.995. The molecule has 1 fully saturated rings. The third-order valence-corrected chi connectivity index (χ3v) is 5.05. The van der Waals surface area contributed by atoms with Gasteiger partial charge in [-0.15, -0.1) is 0 Å². The third kappa shape index (κ3) is 3.98. The number of carbonyl (C=O) groups is 3. The molecular weight excluding hydrogens is 360 g/mol. The fourth-order valence-electron chi connectivity index (χ4n) is 3.45. The van der Waals surface area contributed by atoms with Crippen LogP contribution in [0.5, 0.6) is 5.75 Å². The summed E-state index contributed by atoms with van der Waals surface area (Å²) >= 11 is 0. The molecule has 0 saturated carbocycles. The normalized spacial score (nSPS) is 18.8. The molecule has 1 heterocycles. The van der Waals surface area contributed by atoms with Gasteiger partial charge in [0.15, 0.2) is 0 Å². The number of carboxylic acids is 1. The first kappa shape index (κ1) is 19.4. The Bertz CT molecular complexity index is 877. The van der Waals surface area contributed by atoms with Gasteiger partial charge in [0, 0.05) is 20.0 Å². The van der Waals surface area contributed by atoms with Gasteiger partial charge in [0.25, 0.3) is 0 Å². The topological polar surface area (TPSA) is 95.9 Å². The number of carboxylic acid groups (broad SMARTS) is 1. The lowest BCUT2D eigenvalue weighted by molar-refractivity contribution is -0.128. The fraction of sp³-hybridized carbons (Fsp3) is 0.286. The number of methoxy groups -OCH3 is 1. The summed E-state index contributed by atoms with van der Waals surface area (Å²) in [5.74, 6) is -1.07. The first-order valence-electron chi connectivity index (χ1n) is 8.90. The third-order valence-electron chi connectivity index (χ3n) is 5.05. The second-order valence-corrected chi connectivity index (χ2v) is 6.75. The molecule has 2 aromatic carbocycles. The Kier molecular flexibility index (Phi) is 5.63. The van der Waals surface area contributed by atoms with Crippen LogP contribution in [0.1, 0.15) is 33.9 Å². The van der Waals surface area contributed by atoms with E-state index >= 15 is 0 Å². The van der Waals surface area contributed by atoms with Crippen LogP contribution in [-0.4, -0.2) is 41.9 Å². The van der Waals surface area contributed by atoms with Crippen molar-refractivity contribution in [1.29, 1.82) is 0 Å². The summed E-state index contributed by atoms with van der Waals surface area (Å²) in [4.78, 5) is 37.5. The van der Waals surface area contributed by atoms with Crippen LogP contribution in [0, 0.1) is 5.92 Å². The van der Waals surface area contributed by atoms with E-state index in [1.807, 2.05) is 24.3 Å². The van der Waals surface area contributed by atoms with Crippen LogP contribution in [0.15, 0.2) is 48.5 Å². The zero-order chi connectivity index (χ0) is 20.3. The molecule has 2 atom stereocenters. The monoisotopic (exact) mass is 382 g/mol. The number of ether oxygens (including phenoxy) is 1. The second kappa shape index (κ2) is 8.12. The quantitative estimate of drug-likeness (QED) is 0.799. The predicted octanol–water partition coefficient (Wildman–Crippen LogP) is 2.23. The summed E-state index contributed by atoms with van der Waals surface area (Å²) in [6.45, 7) is 0.266. The number of amides is 2. The number of rotatable bonds is 6. The maximum absolute atomic E-state index is 12.8. The van der Waals surface area contributed by atoms with Gasteiger partial charge < -0.3 is 20.1 Å². The molecule has 2 amide bonds. The molecule has 0 radical (unpaired) electrons. The van der Waals surface area contributed by atoms with Crippen LogP contribution >= 0.6 is 0 Å². The van der Waals surface area contributed by atoms with Crippen LogP contribution in [0.2, 0.25) is 0 Å². The Morgan fingerprint density at radius 1 is 1.14 bits per heavy atom. The van der Waals surface area contributed by atoms with Gasteiger partial charge >= 0.3 is 5.97 Å². The van der Waals surface area contributed by atoms with Gasteiger partial charge in [0.2, 0.25) is 11.8 Å². The van der Waals surface area contributed by atoms with Crippen molar-refractivity contribution >= 4 is 17.8 Å². The number of likely N-dealkylation sites (tertiary alicyclic amines) is 1.